The van der Waals surface area contributed by atoms with E-state index in [0.717, 1.165) is 38.3 Å². The first kappa shape index (κ1) is 13.6. The second kappa shape index (κ2) is 6.39. The van der Waals surface area contributed by atoms with Gasteiger partial charge in [-0.25, -0.2) is 4.68 Å². The van der Waals surface area contributed by atoms with Crippen molar-refractivity contribution in [3.05, 3.63) is 22.6 Å². The fourth-order valence-corrected chi connectivity index (χ4v) is 2.16. The van der Waals surface area contributed by atoms with E-state index in [-0.39, 0.29) is 5.56 Å². The Bertz CT molecular complexity index is 509. The molecule has 0 aliphatic carbocycles. The van der Waals surface area contributed by atoms with Crippen LogP contribution in [-0.2, 0) is 6.54 Å². The average Bonchev–Trinajstić information content (AvgIpc) is 2.42. The highest BCUT2D eigenvalue weighted by molar-refractivity contribution is 5.43. The minimum atomic E-state index is -0.0477. The van der Waals surface area contributed by atoms with Gasteiger partial charge in [0.2, 0.25) is 0 Å². The Morgan fingerprint density at radius 1 is 1.37 bits per heavy atom. The highest BCUT2D eigenvalue weighted by Gasteiger charge is 2.15. The third-order valence-electron chi connectivity index (χ3n) is 3.41. The van der Waals surface area contributed by atoms with Crippen LogP contribution in [0.1, 0.15) is 12.8 Å². The maximum absolute atomic E-state index is 12.0. The summed E-state index contributed by atoms with van der Waals surface area (Å²) in [6.07, 6.45) is 8.44. The summed E-state index contributed by atoms with van der Waals surface area (Å²) in [4.78, 5) is 16.4. The van der Waals surface area contributed by atoms with Gasteiger partial charge in [-0.05, 0) is 13.5 Å². The number of unbranched alkanes of at least 4 members (excludes halogenated alkanes) is 1. The molecule has 0 N–H and O–H groups in total. The number of likely N-dealkylation sites (N-methyl/N-ethyl adjacent to an activating group) is 1. The third kappa shape index (κ3) is 3.58. The average molecular weight is 260 g/mol. The predicted octanol–water partition coefficient (Wildman–Crippen LogP) is 0.408. The molecule has 102 valence electrons. The van der Waals surface area contributed by atoms with Crippen molar-refractivity contribution < 1.29 is 0 Å². The van der Waals surface area contributed by atoms with Gasteiger partial charge in [-0.2, -0.15) is 5.10 Å². The molecule has 1 aromatic heterocycles. The van der Waals surface area contributed by atoms with Crippen LogP contribution in [0.4, 0.5) is 5.69 Å². The number of hydrogen-bond donors (Lipinski definition) is 0. The van der Waals surface area contributed by atoms with Gasteiger partial charge in [0.15, 0.2) is 0 Å². The Morgan fingerprint density at radius 2 is 2.11 bits per heavy atom. The van der Waals surface area contributed by atoms with Gasteiger partial charge < -0.3 is 9.80 Å². The van der Waals surface area contributed by atoms with Crippen molar-refractivity contribution in [1.82, 2.24) is 14.7 Å². The zero-order valence-corrected chi connectivity index (χ0v) is 11.4. The number of aromatic nitrogens is 2. The van der Waals surface area contributed by atoms with Crippen LogP contribution < -0.4 is 10.5 Å². The van der Waals surface area contributed by atoms with Gasteiger partial charge in [-0.15, -0.1) is 12.3 Å². The molecule has 0 radical (unpaired) electrons. The molecular weight excluding hydrogens is 240 g/mol. The molecule has 1 aliphatic heterocycles. The van der Waals surface area contributed by atoms with E-state index in [9.17, 15) is 4.79 Å². The number of anilines is 1. The first-order valence-corrected chi connectivity index (χ1v) is 6.65. The standard InChI is InChI=1S/C14H20N4O/c1-3-4-5-6-18-14(19)11-13(12-15-18)17-9-7-16(2)8-10-17/h1,11-12H,4-10H2,2H3. The third-order valence-corrected chi connectivity index (χ3v) is 3.41. The number of piperazine rings is 1. The van der Waals surface area contributed by atoms with Crippen molar-refractivity contribution in [1.29, 1.82) is 0 Å². The van der Waals surface area contributed by atoms with E-state index in [0.29, 0.717) is 13.0 Å². The molecule has 5 nitrogen and oxygen atoms in total. The molecule has 0 bridgehead atoms. The topological polar surface area (TPSA) is 41.4 Å². The van der Waals surface area contributed by atoms with Crippen molar-refractivity contribution in [2.45, 2.75) is 19.4 Å². The summed E-state index contributed by atoms with van der Waals surface area (Å²) >= 11 is 0. The quantitative estimate of drug-likeness (QED) is 0.581. The lowest BCUT2D eigenvalue weighted by Gasteiger charge is -2.33. The molecule has 0 unspecified atom stereocenters. The minimum Gasteiger partial charge on any atom is -0.368 e. The number of hydrogen-bond acceptors (Lipinski definition) is 4. The molecule has 1 aromatic rings. The molecule has 0 amide bonds. The van der Waals surface area contributed by atoms with E-state index in [1.165, 1.54) is 4.68 Å². The van der Waals surface area contributed by atoms with Crippen LogP contribution in [0.5, 0.6) is 0 Å². The summed E-state index contributed by atoms with van der Waals surface area (Å²) in [6.45, 7) is 4.51. The summed E-state index contributed by atoms with van der Waals surface area (Å²) < 4.78 is 1.48. The van der Waals surface area contributed by atoms with Crippen molar-refractivity contribution in [3.63, 3.8) is 0 Å². The Balaban J connectivity index is 2.02. The Hall–Kier alpha value is -1.80. The van der Waals surface area contributed by atoms with Crippen molar-refractivity contribution in [3.8, 4) is 12.3 Å². The lowest BCUT2D eigenvalue weighted by atomic mass is 10.3. The highest BCUT2D eigenvalue weighted by atomic mass is 16.1. The van der Waals surface area contributed by atoms with E-state index < -0.39 is 0 Å². The van der Waals surface area contributed by atoms with Gasteiger partial charge >= 0.3 is 0 Å². The summed E-state index contributed by atoms with van der Waals surface area (Å²) in [5, 5.41) is 4.22. The second-order valence-corrected chi connectivity index (χ2v) is 4.87. The zero-order chi connectivity index (χ0) is 13.7. The van der Waals surface area contributed by atoms with Crippen LogP contribution in [0.25, 0.3) is 0 Å². The Morgan fingerprint density at radius 3 is 2.74 bits per heavy atom. The first-order valence-electron chi connectivity index (χ1n) is 6.65. The Labute approximate surface area is 113 Å². The number of aryl methyl sites for hydroxylation is 1. The maximum Gasteiger partial charge on any atom is 0.268 e. The van der Waals surface area contributed by atoms with Crippen molar-refractivity contribution in [2.75, 3.05) is 38.1 Å². The molecule has 2 rings (SSSR count). The number of nitrogens with zero attached hydrogens (tertiary/aromatic N) is 4. The normalized spacial score (nSPS) is 16.3. The molecule has 1 saturated heterocycles. The SMILES string of the molecule is C#CCCCn1ncc(N2CCN(C)CC2)cc1=O. The molecule has 5 heteroatoms. The van der Waals surface area contributed by atoms with Gasteiger partial charge in [0.1, 0.15) is 0 Å². The van der Waals surface area contributed by atoms with Gasteiger partial charge in [-0.1, -0.05) is 0 Å². The molecule has 0 aromatic carbocycles. The molecule has 0 spiro atoms. The lowest BCUT2D eigenvalue weighted by molar-refractivity contribution is 0.312. The van der Waals surface area contributed by atoms with Crippen molar-refractivity contribution in [2.24, 2.45) is 0 Å². The van der Waals surface area contributed by atoms with Crippen LogP contribution in [0.15, 0.2) is 17.1 Å². The largest absolute Gasteiger partial charge is 0.368 e. The van der Waals surface area contributed by atoms with Gasteiger partial charge in [0, 0.05) is 45.2 Å². The van der Waals surface area contributed by atoms with Crippen LogP contribution >= 0.6 is 0 Å². The lowest BCUT2D eigenvalue weighted by Crippen LogP contribution is -2.45. The van der Waals surface area contributed by atoms with Crippen LogP contribution in [0, 0.1) is 12.3 Å². The molecule has 1 fully saturated rings. The monoisotopic (exact) mass is 260 g/mol. The predicted molar refractivity (Wildman–Crippen MR) is 76.3 cm³/mol. The van der Waals surface area contributed by atoms with E-state index in [1.54, 1.807) is 12.3 Å². The summed E-state index contributed by atoms with van der Waals surface area (Å²) in [6, 6.07) is 1.67. The van der Waals surface area contributed by atoms with Gasteiger partial charge in [0.25, 0.3) is 5.56 Å². The summed E-state index contributed by atoms with van der Waals surface area (Å²) in [5.74, 6) is 2.57. The first-order chi connectivity index (χ1) is 9.20. The Kier molecular flexibility index (Phi) is 4.58. The van der Waals surface area contributed by atoms with E-state index >= 15 is 0 Å². The molecule has 19 heavy (non-hydrogen) atoms. The van der Waals surface area contributed by atoms with E-state index in [4.69, 9.17) is 6.42 Å². The molecule has 2 heterocycles. The summed E-state index contributed by atoms with van der Waals surface area (Å²) in [7, 11) is 2.11. The molecule has 0 saturated carbocycles. The second-order valence-electron chi connectivity index (χ2n) is 4.87. The number of rotatable bonds is 4. The highest BCUT2D eigenvalue weighted by Crippen LogP contribution is 2.12. The fourth-order valence-electron chi connectivity index (χ4n) is 2.16. The minimum absolute atomic E-state index is 0.0477. The maximum atomic E-state index is 12.0. The van der Waals surface area contributed by atoms with Crippen LogP contribution in [0.3, 0.4) is 0 Å². The molecular formula is C14H20N4O. The van der Waals surface area contributed by atoms with Gasteiger partial charge in [-0.3, -0.25) is 4.79 Å². The molecule has 0 atom stereocenters. The zero-order valence-electron chi connectivity index (χ0n) is 11.4. The molecule has 1 aliphatic rings. The van der Waals surface area contributed by atoms with Crippen LogP contribution in [-0.4, -0.2) is 47.9 Å². The summed E-state index contributed by atoms with van der Waals surface area (Å²) in [5.41, 5.74) is 0.875. The van der Waals surface area contributed by atoms with E-state index in [1.807, 2.05) is 0 Å². The van der Waals surface area contributed by atoms with Gasteiger partial charge in [0.05, 0.1) is 11.9 Å². The van der Waals surface area contributed by atoms with Crippen LogP contribution in [0.2, 0.25) is 0 Å². The smallest absolute Gasteiger partial charge is 0.268 e. The van der Waals surface area contributed by atoms with E-state index in [2.05, 4.69) is 27.9 Å². The number of terminal acetylenes is 1. The fraction of sp³-hybridized carbons (Fsp3) is 0.571. The van der Waals surface area contributed by atoms with Crippen molar-refractivity contribution >= 4 is 5.69 Å².